The fourth-order valence-corrected chi connectivity index (χ4v) is 1.03. The molecule has 11 heavy (non-hydrogen) atoms. The molecule has 56 valence electrons. The Labute approximate surface area is 66.2 Å². The van der Waals surface area contributed by atoms with Gasteiger partial charge in [0.1, 0.15) is 5.02 Å². The topological polar surface area (TPSA) is 61.5 Å². The van der Waals surface area contributed by atoms with E-state index in [0.717, 1.165) is 5.52 Å². The number of rotatable bonds is 0. The van der Waals surface area contributed by atoms with E-state index in [-0.39, 0.29) is 10.6 Å². The minimum Gasteiger partial charge on any atom is -0.343 e. The average molecular weight is 170 g/mol. The second kappa shape index (κ2) is 2.10. The number of halogens is 1. The highest BCUT2D eigenvalue weighted by atomic mass is 35.5. The number of aromatic nitrogens is 3. The van der Waals surface area contributed by atoms with E-state index in [1.807, 2.05) is 0 Å². The van der Waals surface area contributed by atoms with Crippen LogP contribution in [0.2, 0.25) is 5.02 Å². The maximum Gasteiger partial charge on any atom is 0.268 e. The zero-order chi connectivity index (χ0) is 7.84. The SMILES string of the molecule is O=c1[nH]c2nc[nH]c2cc1Cl. The summed E-state index contributed by atoms with van der Waals surface area (Å²) in [6.07, 6.45) is 1.50. The number of hydrogen-bond acceptors (Lipinski definition) is 2. The van der Waals surface area contributed by atoms with E-state index < -0.39 is 0 Å². The lowest BCUT2D eigenvalue weighted by molar-refractivity contribution is 1.25. The highest BCUT2D eigenvalue weighted by Gasteiger charge is 1.99. The fraction of sp³-hybridized carbons (Fsp3) is 0. The molecule has 0 unspecified atom stereocenters. The molecule has 2 heterocycles. The molecule has 0 atom stereocenters. The van der Waals surface area contributed by atoms with Crippen LogP contribution in [0.15, 0.2) is 17.2 Å². The number of pyridine rings is 1. The predicted molar refractivity (Wildman–Crippen MR) is 41.7 cm³/mol. The van der Waals surface area contributed by atoms with Gasteiger partial charge in [0.25, 0.3) is 5.56 Å². The molecule has 0 spiro atoms. The van der Waals surface area contributed by atoms with Gasteiger partial charge >= 0.3 is 0 Å². The molecule has 0 saturated heterocycles. The van der Waals surface area contributed by atoms with Crippen LogP contribution in [0.3, 0.4) is 0 Å². The van der Waals surface area contributed by atoms with Gasteiger partial charge in [-0.15, -0.1) is 0 Å². The molecule has 0 aliphatic rings. The number of fused-ring (bicyclic) bond motifs is 1. The zero-order valence-electron chi connectivity index (χ0n) is 5.39. The third-order valence-electron chi connectivity index (χ3n) is 1.39. The molecule has 2 N–H and O–H groups in total. The van der Waals surface area contributed by atoms with Gasteiger partial charge in [-0.05, 0) is 6.07 Å². The molecule has 4 nitrogen and oxygen atoms in total. The maximum absolute atomic E-state index is 10.9. The molecular formula is C6H4ClN3O. The molecule has 0 fully saturated rings. The van der Waals surface area contributed by atoms with Crippen molar-refractivity contribution < 1.29 is 0 Å². The van der Waals surface area contributed by atoms with Crippen LogP contribution >= 0.6 is 11.6 Å². The highest BCUT2D eigenvalue weighted by Crippen LogP contribution is 2.07. The van der Waals surface area contributed by atoms with E-state index in [1.54, 1.807) is 6.07 Å². The van der Waals surface area contributed by atoms with E-state index in [4.69, 9.17) is 11.6 Å². The van der Waals surface area contributed by atoms with Crippen molar-refractivity contribution in [1.82, 2.24) is 15.0 Å². The summed E-state index contributed by atoms with van der Waals surface area (Å²) in [5, 5.41) is 0.168. The van der Waals surface area contributed by atoms with Crippen LogP contribution in [-0.4, -0.2) is 15.0 Å². The monoisotopic (exact) mass is 169 g/mol. The van der Waals surface area contributed by atoms with Crippen LogP contribution < -0.4 is 5.56 Å². The third-order valence-corrected chi connectivity index (χ3v) is 1.67. The van der Waals surface area contributed by atoms with Gasteiger partial charge in [0, 0.05) is 0 Å². The molecule has 0 bridgehead atoms. The van der Waals surface area contributed by atoms with E-state index in [2.05, 4.69) is 15.0 Å². The summed E-state index contributed by atoms with van der Waals surface area (Å²) < 4.78 is 0. The number of H-pyrrole nitrogens is 2. The Morgan fingerprint density at radius 3 is 3.18 bits per heavy atom. The summed E-state index contributed by atoms with van der Waals surface area (Å²) in [5.41, 5.74) is 0.945. The van der Waals surface area contributed by atoms with Crippen molar-refractivity contribution in [2.75, 3.05) is 0 Å². The Hall–Kier alpha value is -1.29. The Bertz CT molecular complexity index is 444. The molecule has 5 heteroatoms. The largest absolute Gasteiger partial charge is 0.343 e. The van der Waals surface area contributed by atoms with Crippen molar-refractivity contribution in [3.8, 4) is 0 Å². The Morgan fingerprint density at radius 2 is 2.36 bits per heavy atom. The number of nitrogens with zero attached hydrogens (tertiary/aromatic N) is 1. The second-order valence-corrected chi connectivity index (χ2v) is 2.52. The van der Waals surface area contributed by atoms with Gasteiger partial charge in [0.2, 0.25) is 0 Å². The van der Waals surface area contributed by atoms with Crippen LogP contribution in [0.1, 0.15) is 0 Å². The first-order valence-corrected chi connectivity index (χ1v) is 3.37. The first-order chi connectivity index (χ1) is 5.27. The lowest BCUT2D eigenvalue weighted by Crippen LogP contribution is -2.04. The molecule has 2 aromatic rings. The lowest BCUT2D eigenvalue weighted by atomic mass is 10.4. The molecule has 2 aromatic heterocycles. The van der Waals surface area contributed by atoms with Crippen LogP contribution in [0.5, 0.6) is 0 Å². The number of imidazole rings is 1. The minimum absolute atomic E-state index is 0.168. The standard InChI is InChI=1S/C6H4ClN3O/c7-3-1-4-5(9-2-8-4)10-6(3)11/h1-2H,(H2,8,9,10,11). The van der Waals surface area contributed by atoms with Gasteiger partial charge in [-0.1, -0.05) is 11.6 Å². The van der Waals surface area contributed by atoms with Crippen molar-refractivity contribution in [1.29, 1.82) is 0 Å². The molecule has 0 radical (unpaired) electrons. The van der Waals surface area contributed by atoms with Crippen molar-refractivity contribution in [2.24, 2.45) is 0 Å². The normalized spacial score (nSPS) is 10.6. The van der Waals surface area contributed by atoms with Crippen molar-refractivity contribution in [3.05, 3.63) is 27.8 Å². The molecule has 0 saturated carbocycles. The van der Waals surface area contributed by atoms with Gasteiger partial charge in [0.15, 0.2) is 5.65 Å². The van der Waals surface area contributed by atoms with Crippen molar-refractivity contribution >= 4 is 22.8 Å². The molecular weight excluding hydrogens is 166 g/mol. The molecule has 0 aromatic carbocycles. The zero-order valence-corrected chi connectivity index (χ0v) is 6.14. The van der Waals surface area contributed by atoms with E-state index in [1.165, 1.54) is 6.33 Å². The van der Waals surface area contributed by atoms with Crippen molar-refractivity contribution in [2.45, 2.75) is 0 Å². The molecule has 0 aliphatic heterocycles. The van der Waals surface area contributed by atoms with Gasteiger partial charge < -0.3 is 9.97 Å². The summed E-state index contributed by atoms with van der Waals surface area (Å²) in [5.74, 6) is 0. The van der Waals surface area contributed by atoms with Crippen LogP contribution in [0.25, 0.3) is 11.2 Å². The number of hydrogen-bond donors (Lipinski definition) is 2. The predicted octanol–water partition coefficient (Wildman–Crippen LogP) is 0.905. The summed E-state index contributed by atoms with van der Waals surface area (Å²) in [7, 11) is 0. The number of nitrogens with one attached hydrogen (secondary N) is 2. The van der Waals surface area contributed by atoms with Gasteiger partial charge in [0.05, 0.1) is 11.8 Å². The van der Waals surface area contributed by atoms with Crippen LogP contribution in [0, 0.1) is 0 Å². The van der Waals surface area contributed by atoms with Gasteiger partial charge in [-0.3, -0.25) is 4.79 Å². The van der Waals surface area contributed by atoms with Gasteiger partial charge in [-0.2, -0.15) is 0 Å². The Morgan fingerprint density at radius 1 is 1.55 bits per heavy atom. The van der Waals surface area contributed by atoms with Crippen molar-refractivity contribution in [3.63, 3.8) is 0 Å². The lowest BCUT2D eigenvalue weighted by Gasteiger charge is -1.87. The Kier molecular flexibility index (Phi) is 1.22. The maximum atomic E-state index is 10.9. The summed E-state index contributed by atoms with van der Waals surface area (Å²) in [6.45, 7) is 0. The summed E-state index contributed by atoms with van der Waals surface area (Å²) in [6, 6.07) is 1.54. The average Bonchev–Trinajstić information content (AvgIpc) is 2.36. The summed E-state index contributed by atoms with van der Waals surface area (Å²) >= 11 is 5.55. The molecule has 2 rings (SSSR count). The van der Waals surface area contributed by atoms with Crippen LogP contribution in [-0.2, 0) is 0 Å². The summed E-state index contributed by atoms with van der Waals surface area (Å²) in [4.78, 5) is 20.1. The fourth-order valence-electron chi connectivity index (χ4n) is 0.873. The smallest absolute Gasteiger partial charge is 0.268 e. The van der Waals surface area contributed by atoms with E-state index in [0.29, 0.717) is 5.65 Å². The van der Waals surface area contributed by atoms with Gasteiger partial charge in [-0.25, -0.2) is 4.98 Å². The number of aromatic amines is 2. The van der Waals surface area contributed by atoms with Crippen LogP contribution in [0.4, 0.5) is 0 Å². The van der Waals surface area contributed by atoms with E-state index in [9.17, 15) is 4.79 Å². The Balaban J connectivity index is 2.97. The second-order valence-electron chi connectivity index (χ2n) is 2.11. The quantitative estimate of drug-likeness (QED) is 0.616. The molecule has 0 aliphatic carbocycles. The third kappa shape index (κ3) is 0.914. The first kappa shape index (κ1) is 6.42. The van der Waals surface area contributed by atoms with E-state index >= 15 is 0 Å². The first-order valence-electron chi connectivity index (χ1n) is 2.99. The molecule has 0 amide bonds. The minimum atomic E-state index is -0.314. The highest BCUT2D eigenvalue weighted by molar-refractivity contribution is 6.30.